The van der Waals surface area contributed by atoms with E-state index in [-0.39, 0.29) is 40.3 Å². The van der Waals surface area contributed by atoms with E-state index in [1.54, 1.807) is 0 Å². The van der Waals surface area contributed by atoms with Gasteiger partial charge < -0.3 is 5.11 Å². The standard InChI is InChI=1S/C21H24N2O3/c1-12-13(2)18(20(26)17(12)14-8-6-5-7-9-14)22-23-19-15(24)10-21(3,4)11-16(19)25/h5-9,12,17,24H,10-11H2,1-4H3. The number of aliphatic hydroxyl groups excluding tert-OH is 1. The van der Waals surface area contributed by atoms with Crippen LogP contribution in [0, 0.1) is 11.3 Å². The highest BCUT2D eigenvalue weighted by Gasteiger charge is 2.39. The Labute approximate surface area is 153 Å². The highest BCUT2D eigenvalue weighted by atomic mass is 16.3. The van der Waals surface area contributed by atoms with Gasteiger partial charge in [-0.05, 0) is 29.4 Å². The molecule has 5 heteroatoms. The lowest BCUT2D eigenvalue weighted by Crippen LogP contribution is -2.25. The SMILES string of the molecule is CC1=C(N=NC2=C(O)CC(C)(C)CC2=O)C(=O)C(c2ccccc2)C1C. The number of hydrogen-bond acceptors (Lipinski definition) is 5. The fourth-order valence-electron chi connectivity index (χ4n) is 3.76. The van der Waals surface area contributed by atoms with Crippen molar-refractivity contribution in [1.82, 2.24) is 0 Å². The molecule has 0 aromatic heterocycles. The van der Waals surface area contributed by atoms with Crippen molar-refractivity contribution in [2.45, 2.75) is 46.5 Å². The fourth-order valence-corrected chi connectivity index (χ4v) is 3.76. The molecule has 0 radical (unpaired) electrons. The summed E-state index contributed by atoms with van der Waals surface area (Å²) in [6.45, 7) is 7.72. The molecule has 2 atom stereocenters. The molecule has 1 aromatic rings. The van der Waals surface area contributed by atoms with Gasteiger partial charge in [-0.2, -0.15) is 0 Å². The lowest BCUT2D eigenvalue weighted by atomic mass is 9.78. The van der Waals surface area contributed by atoms with Gasteiger partial charge in [0, 0.05) is 12.8 Å². The van der Waals surface area contributed by atoms with Crippen molar-refractivity contribution in [3.63, 3.8) is 0 Å². The maximum absolute atomic E-state index is 12.9. The van der Waals surface area contributed by atoms with Gasteiger partial charge >= 0.3 is 0 Å². The summed E-state index contributed by atoms with van der Waals surface area (Å²) in [5, 5.41) is 18.2. The number of carbonyl (C=O) groups is 2. The third-order valence-electron chi connectivity index (χ3n) is 5.30. The van der Waals surface area contributed by atoms with Crippen LogP contribution in [0.5, 0.6) is 0 Å². The minimum absolute atomic E-state index is 0.0161. The molecule has 0 bridgehead atoms. The van der Waals surface area contributed by atoms with E-state index in [0.29, 0.717) is 18.5 Å². The van der Waals surface area contributed by atoms with Gasteiger partial charge in [0.2, 0.25) is 0 Å². The number of ketones is 2. The molecule has 2 unspecified atom stereocenters. The molecule has 1 N–H and O–H groups in total. The molecule has 0 aliphatic heterocycles. The predicted molar refractivity (Wildman–Crippen MR) is 98.6 cm³/mol. The average molecular weight is 352 g/mol. The molecule has 26 heavy (non-hydrogen) atoms. The lowest BCUT2D eigenvalue weighted by molar-refractivity contribution is -0.119. The van der Waals surface area contributed by atoms with Crippen LogP contribution >= 0.6 is 0 Å². The molecule has 0 fully saturated rings. The van der Waals surface area contributed by atoms with Gasteiger partial charge in [-0.25, -0.2) is 0 Å². The largest absolute Gasteiger partial charge is 0.510 e. The van der Waals surface area contributed by atoms with E-state index >= 15 is 0 Å². The van der Waals surface area contributed by atoms with Gasteiger partial charge in [0.25, 0.3) is 0 Å². The molecule has 0 amide bonds. The number of Topliss-reactive ketones (excluding diaryl/α,β-unsaturated/α-hetero) is 2. The summed E-state index contributed by atoms with van der Waals surface area (Å²) in [5.74, 6) is -0.644. The summed E-state index contributed by atoms with van der Waals surface area (Å²) < 4.78 is 0. The van der Waals surface area contributed by atoms with Crippen LogP contribution in [0.2, 0.25) is 0 Å². The first-order chi connectivity index (χ1) is 12.2. The van der Waals surface area contributed by atoms with Crippen molar-refractivity contribution in [1.29, 1.82) is 0 Å². The number of aliphatic hydroxyl groups is 1. The van der Waals surface area contributed by atoms with Crippen molar-refractivity contribution in [3.05, 3.63) is 58.6 Å². The molecule has 0 saturated carbocycles. The van der Waals surface area contributed by atoms with Gasteiger partial charge in [-0.3, -0.25) is 9.59 Å². The highest BCUT2D eigenvalue weighted by molar-refractivity contribution is 6.04. The van der Waals surface area contributed by atoms with Gasteiger partial charge in [0.1, 0.15) is 11.5 Å². The monoisotopic (exact) mass is 352 g/mol. The van der Waals surface area contributed by atoms with Crippen LogP contribution in [-0.4, -0.2) is 16.7 Å². The molecule has 136 valence electrons. The maximum Gasteiger partial charge on any atom is 0.191 e. The van der Waals surface area contributed by atoms with Gasteiger partial charge in [0.15, 0.2) is 17.3 Å². The molecule has 2 aliphatic rings. The molecule has 2 aliphatic carbocycles. The summed E-state index contributed by atoms with van der Waals surface area (Å²) >= 11 is 0. The second-order valence-corrected chi connectivity index (χ2v) is 8.01. The summed E-state index contributed by atoms with van der Waals surface area (Å²) in [4.78, 5) is 25.2. The normalized spacial score (nSPS) is 26.3. The van der Waals surface area contributed by atoms with Gasteiger partial charge in [-0.1, -0.05) is 51.1 Å². The Morgan fingerprint density at radius 3 is 2.27 bits per heavy atom. The lowest BCUT2D eigenvalue weighted by Gasteiger charge is -2.27. The second kappa shape index (κ2) is 6.63. The zero-order chi connectivity index (χ0) is 19.1. The number of allylic oxidation sites excluding steroid dienone is 4. The molecule has 0 spiro atoms. The van der Waals surface area contributed by atoms with E-state index < -0.39 is 0 Å². The Morgan fingerprint density at radius 2 is 1.65 bits per heavy atom. The van der Waals surface area contributed by atoms with Crippen LogP contribution < -0.4 is 0 Å². The van der Waals surface area contributed by atoms with E-state index in [1.165, 1.54) is 0 Å². The number of rotatable bonds is 3. The third-order valence-corrected chi connectivity index (χ3v) is 5.30. The van der Waals surface area contributed by atoms with Crippen molar-refractivity contribution < 1.29 is 14.7 Å². The molecule has 5 nitrogen and oxygen atoms in total. The Kier molecular flexibility index (Phi) is 4.65. The van der Waals surface area contributed by atoms with Crippen molar-refractivity contribution in [2.24, 2.45) is 21.6 Å². The maximum atomic E-state index is 12.9. The third kappa shape index (κ3) is 3.26. The Hall–Kier alpha value is -2.56. The summed E-state index contributed by atoms with van der Waals surface area (Å²) in [7, 11) is 0. The second-order valence-electron chi connectivity index (χ2n) is 8.01. The van der Waals surface area contributed by atoms with Crippen LogP contribution in [0.1, 0.15) is 52.0 Å². The van der Waals surface area contributed by atoms with E-state index in [9.17, 15) is 14.7 Å². The minimum atomic E-state index is -0.286. The molecular formula is C21H24N2O3. The summed E-state index contributed by atoms with van der Waals surface area (Å²) in [6, 6.07) is 9.62. The number of benzene rings is 1. The smallest absolute Gasteiger partial charge is 0.191 e. The first-order valence-electron chi connectivity index (χ1n) is 8.88. The van der Waals surface area contributed by atoms with E-state index in [0.717, 1.165) is 11.1 Å². The number of nitrogens with zero attached hydrogens (tertiary/aromatic N) is 2. The zero-order valence-electron chi connectivity index (χ0n) is 15.6. The number of azo groups is 1. The van der Waals surface area contributed by atoms with Crippen LogP contribution in [0.3, 0.4) is 0 Å². The summed E-state index contributed by atoms with van der Waals surface area (Å²) in [5.41, 5.74) is 1.80. The van der Waals surface area contributed by atoms with E-state index in [1.807, 2.05) is 58.0 Å². The van der Waals surface area contributed by atoms with Crippen LogP contribution in [0.15, 0.2) is 63.3 Å². The molecule has 3 rings (SSSR count). The van der Waals surface area contributed by atoms with Gasteiger partial charge in [0.05, 0.1) is 5.92 Å². The first-order valence-corrected chi connectivity index (χ1v) is 8.88. The average Bonchev–Trinajstić information content (AvgIpc) is 2.77. The van der Waals surface area contributed by atoms with Crippen LogP contribution in [0.4, 0.5) is 0 Å². The van der Waals surface area contributed by atoms with E-state index in [4.69, 9.17) is 0 Å². The quantitative estimate of drug-likeness (QED) is 0.788. The van der Waals surface area contributed by atoms with Crippen molar-refractivity contribution >= 4 is 11.6 Å². The first kappa shape index (κ1) is 18.2. The number of hydrogen-bond donors (Lipinski definition) is 1. The molecule has 0 heterocycles. The highest BCUT2D eigenvalue weighted by Crippen LogP contribution is 2.42. The van der Waals surface area contributed by atoms with E-state index in [2.05, 4.69) is 10.2 Å². The Bertz CT molecular complexity index is 847. The molecular weight excluding hydrogens is 328 g/mol. The molecule has 0 saturated heterocycles. The Morgan fingerprint density at radius 1 is 1.04 bits per heavy atom. The predicted octanol–water partition coefficient (Wildman–Crippen LogP) is 4.87. The van der Waals surface area contributed by atoms with Crippen molar-refractivity contribution in [3.8, 4) is 0 Å². The number of carbonyl (C=O) groups excluding carboxylic acids is 2. The van der Waals surface area contributed by atoms with Crippen LogP contribution in [-0.2, 0) is 9.59 Å². The molecule has 1 aromatic carbocycles. The zero-order valence-corrected chi connectivity index (χ0v) is 15.6. The topological polar surface area (TPSA) is 79.1 Å². The van der Waals surface area contributed by atoms with Crippen molar-refractivity contribution in [2.75, 3.05) is 0 Å². The summed E-state index contributed by atoms with van der Waals surface area (Å²) in [6.07, 6.45) is 0.683. The minimum Gasteiger partial charge on any atom is -0.510 e. The fraction of sp³-hybridized carbons (Fsp3) is 0.429. The van der Waals surface area contributed by atoms with Gasteiger partial charge in [-0.15, -0.1) is 10.2 Å². The van der Waals surface area contributed by atoms with Crippen LogP contribution in [0.25, 0.3) is 0 Å². The Balaban J connectivity index is 1.89.